The van der Waals surface area contributed by atoms with Gasteiger partial charge in [0.15, 0.2) is 0 Å². The molecule has 0 saturated heterocycles. The summed E-state index contributed by atoms with van der Waals surface area (Å²) in [7, 11) is 0. The molecular formula is C23H29N5O. The van der Waals surface area contributed by atoms with Gasteiger partial charge in [-0.15, -0.1) is 0 Å². The summed E-state index contributed by atoms with van der Waals surface area (Å²) < 4.78 is 5.67. The zero-order valence-corrected chi connectivity index (χ0v) is 17.5. The summed E-state index contributed by atoms with van der Waals surface area (Å²) in [5, 5.41) is 6.56. The van der Waals surface area contributed by atoms with Crippen LogP contribution in [0.4, 0.5) is 28.8 Å². The van der Waals surface area contributed by atoms with Gasteiger partial charge < -0.3 is 20.3 Å². The van der Waals surface area contributed by atoms with Gasteiger partial charge in [0, 0.05) is 36.3 Å². The van der Waals surface area contributed by atoms with Crippen molar-refractivity contribution in [3.8, 4) is 5.75 Å². The maximum atomic E-state index is 5.67. The van der Waals surface area contributed by atoms with Gasteiger partial charge in [-0.2, -0.15) is 4.98 Å². The molecule has 0 fully saturated rings. The second-order valence-electron chi connectivity index (χ2n) is 6.93. The van der Waals surface area contributed by atoms with Crippen LogP contribution in [0.25, 0.3) is 0 Å². The van der Waals surface area contributed by atoms with Crippen molar-refractivity contribution < 1.29 is 4.74 Å². The average Bonchev–Trinajstić information content (AvgIpc) is 2.72. The number of nitrogens with zero attached hydrogens (tertiary/aromatic N) is 3. The van der Waals surface area contributed by atoms with E-state index in [0.29, 0.717) is 5.95 Å². The first-order valence-electron chi connectivity index (χ1n) is 10.1. The van der Waals surface area contributed by atoms with Crippen LogP contribution < -0.4 is 20.3 Å². The molecule has 0 bridgehead atoms. The summed E-state index contributed by atoms with van der Waals surface area (Å²) in [5.41, 5.74) is 3.11. The molecule has 0 unspecified atom stereocenters. The second-order valence-corrected chi connectivity index (χ2v) is 6.93. The van der Waals surface area contributed by atoms with E-state index in [2.05, 4.69) is 63.6 Å². The molecule has 2 N–H and O–H groups in total. The van der Waals surface area contributed by atoms with Crippen molar-refractivity contribution in [2.45, 2.75) is 33.8 Å². The Hall–Kier alpha value is -3.28. The standard InChI is InChI=1S/C23H29N5O/c1-5-28(6-2)20-11-7-18(8-12-20)25-22-15-16-24-23(27-22)26-19-9-13-21(14-10-19)29-17(3)4/h7-17H,5-6H2,1-4H3,(H2,24,25,26,27). The molecule has 3 rings (SSSR count). The van der Waals surface area contributed by atoms with Gasteiger partial charge in [0.05, 0.1) is 6.10 Å². The van der Waals surface area contributed by atoms with E-state index in [0.717, 1.165) is 36.0 Å². The summed E-state index contributed by atoms with van der Waals surface area (Å²) in [6.07, 6.45) is 1.89. The highest BCUT2D eigenvalue weighted by Gasteiger charge is 2.04. The number of hydrogen-bond acceptors (Lipinski definition) is 6. The van der Waals surface area contributed by atoms with Gasteiger partial charge in [0.2, 0.25) is 5.95 Å². The van der Waals surface area contributed by atoms with Gasteiger partial charge in [-0.3, -0.25) is 0 Å². The van der Waals surface area contributed by atoms with Crippen molar-refractivity contribution in [3.05, 3.63) is 60.8 Å². The van der Waals surface area contributed by atoms with Gasteiger partial charge in [-0.1, -0.05) is 0 Å². The molecule has 0 aliphatic heterocycles. The molecule has 0 saturated carbocycles. The summed E-state index contributed by atoms with van der Waals surface area (Å²) in [5.74, 6) is 2.11. The highest BCUT2D eigenvalue weighted by atomic mass is 16.5. The summed E-state index contributed by atoms with van der Waals surface area (Å²) in [6.45, 7) is 10.3. The molecule has 2 aromatic carbocycles. The topological polar surface area (TPSA) is 62.3 Å². The highest BCUT2D eigenvalue weighted by molar-refractivity contribution is 5.62. The van der Waals surface area contributed by atoms with Crippen molar-refractivity contribution in [2.75, 3.05) is 28.6 Å². The van der Waals surface area contributed by atoms with Crippen LogP contribution in [0.5, 0.6) is 5.75 Å². The molecule has 1 aromatic heterocycles. The maximum absolute atomic E-state index is 5.67. The zero-order valence-electron chi connectivity index (χ0n) is 17.5. The van der Waals surface area contributed by atoms with Crippen LogP contribution in [-0.4, -0.2) is 29.2 Å². The minimum Gasteiger partial charge on any atom is -0.491 e. The van der Waals surface area contributed by atoms with Crippen LogP contribution in [0.1, 0.15) is 27.7 Å². The van der Waals surface area contributed by atoms with Gasteiger partial charge in [-0.05, 0) is 82.3 Å². The number of benzene rings is 2. The van der Waals surface area contributed by atoms with Gasteiger partial charge in [0.1, 0.15) is 11.6 Å². The molecular weight excluding hydrogens is 362 g/mol. The normalized spacial score (nSPS) is 10.7. The Kier molecular flexibility index (Phi) is 6.89. The Morgan fingerprint density at radius 2 is 1.48 bits per heavy atom. The predicted molar refractivity (Wildman–Crippen MR) is 121 cm³/mol. The van der Waals surface area contributed by atoms with Gasteiger partial charge in [0.25, 0.3) is 0 Å². The van der Waals surface area contributed by atoms with Crippen LogP contribution in [0.3, 0.4) is 0 Å². The largest absolute Gasteiger partial charge is 0.491 e. The average molecular weight is 392 g/mol. The first-order valence-corrected chi connectivity index (χ1v) is 10.1. The number of aromatic nitrogens is 2. The highest BCUT2D eigenvalue weighted by Crippen LogP contribution is 2.22. The Labute approximate surface area is 173 Å². The van der Waals surface area contributed by atoms with E-state index in [-0.39, 0.29) is 6.10 Å². The minimum atomic E-state index is 0.154. The molecule has 29 heavy (non-hydrogen) atoms. The lowest BCUT2D eigenvalue weighted by atomic mass is 10.2. The molecule has 0 spiro atoms. The monoisotopic (exact) mass is 391 g/mol. The molecule has 0 aliphatic carbocycles. The Morgan fingerprint density at radius 1 is 0.862 bits per heavy atom. The Bertz CT molecular complexity index is 890. The fraction of sp³-hybridized carbons (Fsp3) is 0.304. The van der Waals surface area contributed by atoms with Crippen molar-refractivity contribution in [1.82, 2.24) is 9.97 Å². The summed E-state index contributed by atoms with van der Waals surface area (Å²) in [4.78, 5) is 11.2. The number of rotatable bonds is 9. The van der Waals surface area contributed by atoms with Crippen LogP contribution >= 0.6 is 0 Å². The lowest BCUT2D eigenvalue weighted by Gasteiger charge is -2.21. The fourth-order valence-electron chi connectivity index (χ4n) is 3.00. The third-order valence-corrected chi connectivity index (χ3v) is 4.41. The van der Waals surface area contributed by atoms with Gasteiger partial charge in [-0.25, -0.2) is 4.98 Å². The second kappa shape index (κ2) is 9.78. The Morgan fingerprint density at radius 3 is 2.10 bits per heavy atom. The predicted octanol–water partition coefficient (Wildman–Crippen LogP) is 5.60. The molecule has 0 radical (unpaired) electrons. The van der Waals surface area contributed by atoms with Crippen LogP contribution in [0.15, 0.2) is 60.8 Å². The molecule has 6 nitrogen and oxygen atoms in total. The van der Waals surface area contributed by atoms with Crippen molar-refractivity contribution in [1.29, 1.82) is 0 Å². The summed E-state index contributed by atoms with van der Waals surface area (Å²) >= 11 is 0. The van der Waals surface area contributed by atoms with E-state index in [1.807, 2.05) is 44.2 Å². The molecule has 6 heteroatoms. The molecule has 152 valence electrons. The van der Waals surface area contributed by atoms with Crippen molar-refractivity contribution in [2.24, 2.45) is 0 Å². The minimum absolute atomic E-state index is 0.154. The number of hydrogen-bond donors (Lipinski definition) is 2. The molecule has 0 amide bonds. The Balaban J connectivity index is 1.65. The molecule has 0 aliphatic rings. The van der Waals surface area contributed by atoms with Crippen molar-refractivity contribution >= 4 is 28.8 Å². The summed E-state index contributed by atoms with van der Waals surface area (Å²) in [6, 6.07) is 18.0. The third kappa shape index (κ3) is 5.85. The van der Waals surface area contributed by atoms with Gasteiger partial charge >= 0.3 is 0 Å². The lowest BCUT2D eigenvalue weighted by Crippen LogP contribution is -2.21. The van der Waals surface area contributed by atoms with Crippen LogP contribution in [0.2, 0.25) is 0 Å². The fourth-order valence-corrected chi connectivity index (χ4v) is 3.00. The van der Waals surface area contributed by atoms with Crippen LogP contribution in [0, 0.1) is 0 Å². The number of nitrogens with one attached hydrogen (secondary N) is 2. The van der Waals surface area contributed by atoms with E-state index >= 15 is 0 Å². The maximum Gasteiger partial charge on any atom is 0.229 e. The van der Waals surface area contributed by atoms with Crippen LogP contribution in [-0.2, 0) is 0 Å². The molecule has 0 atom stereocenters. The smallest absolute Gasteiger partial charge is 0.229 e. The molecule has 1 heterocycles. The lowest BCUT2D eigenvalue weighted by molar-refractivity contribution is 0.242. The van der Waals surface area contributed by atoms with E-state index in [1.165, 1.54) is 5.69 Å². The zero-order chi connectivity index (χ0) is 20.6. The quantitative estimate of drug-likeness (QED) is 0.495. The van der Waals surface area contributed by atoms with E-state index in [9.17, 15) is 0 Å². The number of anilines is 5. The molecule has 3 aromatic rings. The third-order valence-electron chi connectivity index (χ3n) is 4.41. The first kappa shape index (κ1) is 20.5. The van der Waals surface area contributed by atoms with Crippen molar-refractivity contribution in [3.63, 3.8) is 0 Å². The van der Waals surface area contributed by atoms with E-state index in [4.69, 9.17) is 4.74 Å². The number of ether oxygens (including phenoxy) is 1. The first-order chi connectivity index (χ1) is 14.1. The SMILES string of the molecule is CCN(CC)c1ccc(Nc2ccnc(Nc3ccc(OC(C)C)cc3)n2)cc1. The van der Waals surface area contributed by atoms with E-state index < -0.39 is 0 Å². The van der Waals surface area contributed by atoms with E-state index in [1.54, 1.807) is 6.20 Å².